The molecule has 0 bridgehead atoms. The molecule has 1 aromatic rings. The summed E-state index contributed by atoms with van der Waals surface area (Å²) in [6.45, 7) is 4.04. The van der Waals surface area contributed by atoms with Crippen LogP contribution in [0.1, 0.15) is 39.0 Å². The number of hydrogen-bond donors (Lipinski definition) is 2. The summed E-state index contributed by atoms with van der Waals surface area (Å²) in [4.78, 5) is 18.8. The van der Waals surface area contributed by atoms with Crippen LogP contribution < -0.4 is 10.0 Å². The molecule has 3 rings (SSSR count). The van der Waals surface area contributed by atoms with Crippen molar-refractivity contribution in [1.29, 1.82) is 0 Å². The van der Waals surface area contributed by atoms with Crippen molar-refractivity contribution >= 4 is 27.5 Å². The average Bonchev–Trinajstić information content (AvgIpc) is 3.09. The highest BCUT2D eigenvalue weighted by Gasteiger charge is 2.21. The number of anilines is 1. The maximum atomic E-state index is 12.5. The maximum absolute atomic E-state index is 12.5. The summed E-state index contributed by atoms with van der Waals surface area (Å²) in [5, 5.41) is 2.81. The van der Waals surface area contributed by atoms with Gasteiger partial charge in [-0.1, -0.05) is 12.5 Å². The van der Waals surface area contributed by atoms with Crippen molar-refractivity contribution in [3.63, 3.8) is 0 Å². The molecule has 0 radical (unpaired) electrons. The Hall–Kier alpha value is -1.93. The monoisotopic (exact) mass is 378 g/mol. The van der Waals surface area contributed by atoms with E-state index in [-0.39, 0.29) is 10.8 Å². The molecule has 8 heteroatoms. The Kier molecular flexibility index (Phi) is 5.93. The average molecular weight is 378 g/mol. The Labute approximate surface area is 154 Å². The molecule has 1 aromatic carbocycles. The van der Waals surface area contributed by atoms with Crippen LogP contribution in [0.4, 0.5) is 5.69 Å². The molecule has 0 saturated carbocycles. The van der Waals surface area contributed by atoms with E-state index in [1.54, 1.807) is 12.1 Å². The number of sulfonamides is 1. The van der Waals surface area contributed by atoms with E-state index < -0.39 is 10.0 Å². The lowest BCUT2D eigenvalue weighted by atomic mass is 10.0. The predicted molar refractivity (Wildman–Crippen MR) is 102 cm³/mol. The number of amides is 1. The van der Waals surface area contributed by atoms with Gasteiger partial charge in [-0.05, 0) is 50.9 Å². The van der Waals surface area contributed by atoms with Crippen molar-refractivity contribution in [3.05, 3.63) is 24.3 Å². The third-order valence-electron chi connectivity index (χ3n) is 4.84. The molecular formula is C18H26N4O3S. The summed E-state index contributed by atoms with van der Waals surface area (Å²) in [6, 6.07) is 6.72. The number of nitrogens with one attached hydrogen (secondary N) is 2. The fraction of sp³-hybridized carbons (Fsp3) is 0.556. The Morgan fingerprint density at radius 1 is 1.31 bits per heavy atom. The minimum Gasteiger partial charge on any atom is -0.325 e. The largest absolute Gasteiger partial charge is 0.325 e. The van der Waals surface area contributed by atoms with Crippen molar-refractivity contribution in [2.75, 3.05) is 25.0 Å². The Morgan fingerprint density at radius 2 is 2.15 bits per heavy atom. The van der Waals surface area contributed by atoms with Gasteiger partial charge >= 0.3 is 0 Å². The Balaban J connectivity index is 1.64. The van der Waals surface area contributed by atoms with E-state index in [1.165, 1.54) is 18.6 Å². The maximum Gasteiger partial charge on any atom is 0.262 e. The highest BCUT2D eigenvalue weighted by atomic mass is 32.2. The molecule has 2 N–H and O–H groups in total. The second-order valence-corrected chi connectivity index (χ2v) is 8.61. The zero-order valence-electron chi connectivity index (χ0n) is 15.1. The molecule has 0 aromatic heterocycles. The number of nitrogens with zero attached hydrogens (tertiary/aromatic N) is 2. The zero-order valence-corrected chi connectivity index (χ0v) is 15.9. The smallest absolute Gasteiger partial charge is 0.262 e. The van der Waals surface area contributed by atoms with E-state index in [4.69, 9.17) is 0 Å². The first-order valence-corrected chi connectivity index (χ1v) is 10.6. The summed E-state index contributed by atoms with van der Waals surface area (Å²) >= 11 is 0. The van der Waals surface area contributed by atoms with Crippen LogP contribution in [-0.2, 0) is 14.8 Å². The van der Waals surface area contributed by atoms with Crippen LogP contribution in [0.3, 0.4) is 0 Å². The molecule has 1 fully saturated rings. The standard InChI is InChI=1S/C18H26N4O3S/c1-14-6-2-3-11-22(14)13-18(23)20-15-7-4-8-16(12-15)26(24,25)21-17-9-5-10-19-17/h4,7-8,12,14H,2-3,5-6,9-11,13H2,1H3,(H,19,21)(H,20,23)/t14-/m1/s1. The van der Waals surface area contributed by atoms with Gasteiger partial charge in [0.1, 0.15) is 5.84 Å². The van der Waals surface area contributed by atoms with E-state index in [0.717, 1.165) is 25.8 Å². The zero-order chi connectivity index (χ0) is 18.6. The molecule has 2 aliphatic heterocycles. The van der Waals surface area contributed by atoms with Gasteiger partial charge in [-0.15, -0.1) is 0 Å². The number of carbonyl (C=O) groups is 1. The molecule has 0 spiro atoms. The quantitative estimate of drug-likeness (QED) is 0.820. The van der Waals surface area contributed by atoms with Crippen LogP contribution in [0.2, 0.25) is 0 Å². The van der Waals surface area contributed by atoms with Gasteiger partial charge in [0.2, 0.25) is 5.91 Å². The Bertz CT molecular complexity index is 791. The SMILES string of the molecule is C[C@@H]1CCCCN1CC(=O)Nc1cccc(S(=O)(=O)NC2=NCCC2)c1. The van der Waals surface area contributed by atoms with Crippen LogP contribution >= 0.6 is 0 Å². The van der Waals surface area contributed by atoms with E-state index in [1.807, 2.05) is 0 Å². The number of amidine groups is 1. The first-order chi connectivity index (χ1) is 12.4. The highest BCUT2D eigenvalue weighted by molar-refractivity contribution is 7.90. The van der Waals surface area contributed by atoms with Gasteiger partial charge < -0.3 is 5.32 Å². The van der Waals surface area contributed by atoms with E-state index in [2.05, 4.69) is 26.9 Å². The summed E-state index contributed by atoms with van der Waals surface area (Å²) in [7, 11) is -3.68. The van der Waals surface area contributed by atoms with E-state index in [9.17, 15) is 13.2 Å². The topological polar surface area (TPSA) is 90.9 Å². The lowest BCUT2D eigenvalue weighted by Gasteiger charge is -2.32. The normalized spacial score (nSPS) is 21.3. The molecule has 0 aliphatic carbocycles. The molecule has 1 amide bonds. The minimum atomic E-state index is -3.68. The van der Waals surface area contributed by atoms with Crippen molar-refractivity contribution < 1.29 is 13.2 Å². The number of carbonyl (C=O) groups excluding carboxylic acids is 1. The second kappa shape index (κ2) is 8.18. The fourth-order valence-electron chi connectivity index (χ4n) is 3.36. The highest BCUT2D eigenvalue weighted by Crippen LogP contribution is 2.18. The molecular weight excluding hydrogens is 352 g/mol. The molecule has 26 heavy (non-hydrogen) atoms. The molecule has 1 atom stereocenters. The van der Waals surface area contributed by atoms with Gasteiger partial charge in [-0.25, -0.2) is 8.42 Å². The minimum absolute atomic E-state index is 0.122. The number of piperidine rings is 1. The van der Waals surface area contributed by atoms with Gasteiger partial charge in [0.15, 0.2) is 0 Å². The van der Waals surface area contributed by atoms with Crippen molar-refractivity contribution in [3.8, 4) is 0 Å². The van der Waals surface area contributed by atoms with Gasteiger partial charge in [0, 0.05) is 24.7 Å². The number of likely N-dealkylation sites (tertiary alicyclic amines) is 1. The lowest BCUT2D eigenvalue weighted by molar-refractivity contribution is -0.118. The summed E-state index contributed by atoms with van der Waals surface area (Å²) < 4.78 is 27.5. The number of rotatable bonds is 5. The fourth-order valence-corrected chi connectivity index (χ4v) is 4.49. The third-order valence-corrected chi connectivity index (χ3v) is 6.22. The number of hydrogen-bond acceptors (Lipinski definition) is 5. The lowest BCUT2D eigenvalue weighted by Crippen LogP contribution is -2.42. The van der Waals surface area contributed by atoms with Crippen molar-refractivity contribution in [2.45, 2.75) is 50.0 Å². The van der Waals surface area contributed by atoms with Crippen LogP contribution in [0, 0.1) is 0 Å². The van der Waals surface area contributed by atoms with Gasteiger partial charge in [0.25, 0.3) is 10.0 Å². The van der Waals surface area contributed by atoms with Crippen LogP contribution in [-0.4, -0.2) is 50.7 Å². The van der Waals surface area contributed by atoms with Gasteiger partial charge in [-0.3, -0.25) is 19.4 Å². The van der Waals surface area contributed by atoms with Crippen LogP contribution in [0.15, 0.2) is 34.2 Å². The molecule has 2 aliphatic rings. The molecule has 7 nitrogen and oxygen atoms in total. The molecule has 142 valence electrons. The number of benzene rings is 1. The summed E-state index contributed by atoms with van der Waals surface area (Å²) in [5.41, 5.74) is 0.482. The van der Waals surface area contributed by atoms with Crippen molar-refractivity contribution in [1.82, 2.24) is 9.62 Å². The summed E-state index contributed by atoms with van der Waals surface area (Å²) in [5.74, 6) is 0.375. The van der Waals surface area contributed by atoms with Crippen molar-refractivity contribution in [2.24, 2.45) is 4.99 Å². The molecule has 2 heterocycles. The third kappa shape index (κ3) is 4.82. The van der Waals surface area contributed by atoms with E-state index in [0.29, 0.717) is 37.1 Å². The predicted octanol–water partition coefficient (Wildman–Crippen LogP) is 1.97. The molecule has 0 unspecified atom stereocenters. The molecule has 1 saturated heterocycles. The van der Waals surface area contributed by atoms with E-state index >= 15 is 0 Å². The summed E-state index contributed by atoms with van der Waals surface area (Å²) in [6.07, 6.45) is 4.93. The first-order valence-electron chi connectivity index (χ1n) is 9.14. The number of aliphatic imine (C=N–C) groups is 1. The Morgan fingerprint density at radius 3 is 2.88 bits per heavy atom. The van der Waals surface area contributed by atoms with Crippen LogP contribution in [0.25, 0.3) is 0 Å². The second-order valence-electron chi connectivity index (χ2n) is 6.93. The van der Waals surface area contributed by atoms with Gasteiger partial charge in [0.05, 0.1) is 11.4 Å². The van der Waals surface area contributed by atoms with Crippen LogP contribution in [0.5, 0.6) is 0 Å². The first kappa shape index (κ1) is 18.8. The van der Waals surface area contributed by atoms with Gasteiger partial charge in [-0.2, -0.15) is 0 Å².